The molecule has 0 saturated carbocycles. The van der Waals surface area contributed by atoms with Crippen molar-refractivity contribution in [2.75, 3.05) is 0 Å². The van der Waals surface area contributed by atoms with Gasteiger partial charge in [0.25, 0.3) is 0 Å². The van der Waals surface area contributed by atoms with Crippen LogP contribution in [-0.2, 0) is 6.42 Å². The molecule has 15 heavy (non-hydrogen) atoms. The summed E-state index contributed by atoms with van der Waals surface area (Å²) in [6, 6.07) is 5.94. The standard InChI is InChI=1S/C12H16O.CHN/c1-4-5-11-8-12(10(3)13)7-6-9(11)2;1-2/h6-8H,4-5H2,1-3H3;1H. The van der Waals surface area contributed by atoms with Crippen molar-refractivity contribution >= 4 is 5.78 Å². The largest absolute Gasteiger partial charge is 0.295 e. The van der Waals surface area contributed by atoms with Crippen LogP contribution < -0.4 is 0 Å². The molecule has 0 atom stereocenters. The van der Waals surface area contributed by atoms with Crippen molar-refractivity contribution in [1.82, 2.24) is 0 Å². The molecule has 0 aliphatic carbocycles. The third-order valence-electron chi connectivity index (χ3n) is 2.27. The molecule has 2 heteroatoms. The zero-order chi connectivity index (χ0) is 11.8. The zero-order valence-corrected chi connectivity index (χ0v) is 9.58. The van der Waals surface area contributed by atoms with Gasteiger partial charge in [-0.05, 0) is 37.5 Å². The Kier molecular flexibility index (Phi) is 6.05. The summed E-state index contributed by atoms with van der Waals surface area (Å²) in [6.45, 7) is 9.36. The van der Waals surface area contributed by atoms with Crippen molar-refractivity contribution in [3.05, 3.63) is 34.9 Å². The van der Waals surface area contributed by atoms with Crippen molar-refractivity contribution in [1.29, 1.82) is 5.26 Å². The van der Waals surface area contributed by atoms with Gasteiger partial charge < -0.3 is 0 Å². The molecule has 0 aromatic heterocycles. The summed E-state index contributed by atoms with van der Waals surface area (Å²) >= 11 is 0. The summed E-state index contributed by atoms with van der Waals surface area (Å²) in [5.41, 5.74) is 3.41. The minimum Gasteiger partial charge on any atom is -0.295 e. The molecule has 0 radical (unpaired) electrons. The van der Waals surface area contributed by atoms with E-state index in [9.17, 15) is 4.79 Å². The molecule has 0 heterocycles. The van der Waals surface area contributed by atoms with E-state index in [1.807, 2.05) is 18.2 Å². The molecular formula is C13H17NO. The normalized spacial score (nSPS) is 8.87. The molecule has 80 valence electrons. The van der Waals surface area contributed by atoms with E-state index >= 15 is 0 Å². The number of benzene rings is 1. The van der Waals surface area contributed by atoms with Crippen molar-refractivity contribution in [2.45, 2.75) is 33.6 Å². The number of carbonyl (C=O) groups excluding carboxylic acids is 1. The highest BCUT2D eigenvalue weighted by atomic mass is 16.1. The van der Waals surface area contributed by atoms with Crippen LogP contribution in [0.2, 0.25) is 0 Å². The highest BCUT2D eigenvalue weighted by Crippen LogP contribution is 2.13. The quantitative estimate of drug-likeness (QED) is 0.707. The maximum absolute atomic E-state index is 11.1. The number of rotatable bonds is 3. The lowest BCUT2D eigenvalue weighted by Crippen LogP contribution is -1.96. The van der Waals surface area contributed by atoms with Gasteiger partial charge in [0, 0.05) is 12.1 Å². The Hall–Kier alpha value is -1.62. The number of Topliss-reactive ketones (excluding diaryl/α,β-unsaturated/α-hetero) is 1. The maximum atomic E-state index is 11.1. The van der Waals surface area contributed by atoms with Crippen molar-refractivity contribution in [3.8, 4) is 6.57 Å². The van der Waals surface area contributed by atoms with E-state index in [0.717, 1.165) is 18.4 Å². The summed E-state index contributed by atoms with van der Waals surface area (Å²) in [7, 11) is 0. The van der Waals surface area contributed by atoms with Gasteiger partial charge in [0.05, 0.1) is 0 Å². The number of hydrogen-bond donors (Lipinski definition) is 0. The SMILES string of the molecule is C#N.CCCc1cc(C(C)=O)ccc1C. The summed E-state index contributed by atoms with van der Waals surface area (Å²) in [4.78, 5) is 11.1. The van der Waals surface area contributed by atoms with Crippen LogP contribution in [-0.4, -0.2) is 5.78 Å². The van der Waals surface area contributed by atoms with E-state index in [1.165, 1.54) is 11.1 Å². The molecule has 0 unspecified atom stereocenters. The van der Waals surface area contributed by atoms with Gasteiger partial charge in [-0.3, -0.25) is 4.79 Å². The van der Waals surface area contributed by atoms with Crippen LogP contribution in [0.3, 0.4) is 0 Å². The number of nitriles is 1. The number of ketones is 1. The van der Waals surface area contributed by atoms with E-state index < -0.39 is 0 Å². The van der Waals surface area contributed by atoms with Crippen LogP contribution >= 0.6 is 0 Å². The zero-order valence-electron chi connectivity index (χ0n) is 9.58. The molecule has 0 saturated heterocycles. The molecule has 0 spiro atoms. The van der Waals surface area contributed by atoms with Crippen LogP contribution in [0, 0.1) is 18.8 Å². The fraction of sp³-hybridized carbons (Fsp3) is 0.385. The van der Waals surface area contributed by atoms with Crippen LogP contribution in [0.25, 0.3) is 0 Å². The second-order valence-electron chi connectivity index (χ2n) is 3.45. The monoisotopic (exact) mass is 203 g/mol. The first kappa shape index (κ1) is 13.4. The Balaban J connectivity index is 0.000000921. The van der Waals surface area contributed by atoms with Gasteiger partial charge in [0.1, 0.15) is 0 Å². The second-order valence-corrected chi connectivity index (χ2v) is 3.45. The third kappa shape index (κ3) is 3.95. The smallest absolute Gasteiger partial charge is 0.159 e. The molecule has 0 amide bonds. The van der Waals surface area contributed by atoms with Gasteiger partial charge in [-0.2, -0.15) is 0 Å². The van der Waals surface area contributed by atoms with E-state index in [2.05, 4.69) is 20.4 Å². The minimum absolute atomic E-state index is 0.150. The predicted octanol–water partition coefficient (Wildman–Crippen LogP) is 3.29. The molecular weight excluding hydrogens is 186 g/mol. The molecule has 0 aliphatic rings. The molecule has 1 rings (SSSR count). The predicted molar refractivity (Wildman–Crippen MR) is 61.8 cm³/mol. The van der Waals surface area contributed by atoms with Gasteiger partial charge in [-0.15, -0.1) is 0 Å². The number of nitrogens with zero attached hydrogens (tertiary/aromatic N) is 1. The lowest BCUT2D eigenvalue weighted by molar-refractivity contribution is 0.101. The van der Waals surface area contributed by atoms with Gasteiger partial charge in [0.2, 0.25) is 0 Å². The van der Waals surface area contributed by atoms with Crippen LogP contribution in [0.1, 0.15) is 41.8 Å². The first-order valence-electron chi connectivity index (χ1n) is 5.01. The lowest BCUT2D eigenvalue weighted by Gasteiger charge is -2.05. The summed E-state index contributed by atoms with van der Waals surface area (Å²) in [6.07, 6.45) is 2.19. The summed E-state index contributed by atoms with van der Waals surface area (Å²) in [5, 5.41) is 6.50. The van der Waals surface area contributed by atoms with Gasteiger partial charge in [-0.25, -0.2) is 5.26 Å². The molecule has 0 bridgehead atoms. The van der Waals surface area contributed by atoms with E-state index in [-0.39, 0.29) is 5.78 Å². The highest BCUT2D eigenvalue weighted by molar-refractivity contribution is 5.94. The lowest BCUT2D eigenvalue weighted by atomic mass is 10.00. The maximum Gasteiger partial charge on any atom is 0.159 e. The second kappa shape index (κ2) is 6.78. The Labute approximate surface area is 91.5 Å². The van der Waals surface area contributed by atoms with Crippen LogP contribution in [0.15, 0.2) is 18.2 Å². The average Bonchev–Trinajstić information content (AvgIpc) is 2.24. The van der Waals surface area contributed by atoms with E-state index in [1.54, 1.807) is 6.92 Å². The minimum atomic E-state index is 0.150. The molecule has 0 aliphatic heterocycles. The Bertz CT molecular complexity index is 353. The number of hydrogen-bond acceptors (Lipinski definition) is 2. The van der Waals surface area contributed by atoms with Crippen LogP contribution in [0.5, 0.6) is 0 Å². The first-order valence-corrected chi connectivity index (χ1v) is 5.01. The third-order valence-corrected chi connectivity index (χ3v) is 2.27. The first-order chi connectivity index (χ1) is 7.15. The van der Waals surface area contributed by atoms with Crippen molar-refractivity contribution < 1.29 is 4.79 Å². The van der Waals surface area contributed by atoms with Gasteiger partial charge >= 0.3 is 0 Å². The summed E-state index contributed by atoms with van der Waals surface area (Å²) in [5.74, 6) is 0.150. The Morgan fingerprint density at radius 2 is 2.00 bits per heavy atom. The van der Waals surface area contributed by atoms with Crippen molar-refractivity contribution in [3.63, 3.8) is 0 Å². The van der Waals surface area contributed by atoms with Gasteiger partial charge in [-0.1, -0.05) is 25.5 Å². The van der Waals surface area contributed by atoms with E-state index in [0.29, 0.717) is 0 Å². The fourth-order valence-electron chi connectivity index (χ4n) is 1.43. The van der Waals surface area contributed by atoms with Gasteiger partial charge in [0.15, 0.2) is 5.78 Å². The Morgan fingerprint density at radius 1 is 1.40 bits per heavy atom. The molecule has 2 nitrogen and oxygen atoms in total. The molecule has 0 N–H and O–H groups in total. The fourth-order valence-corrected chi connectivity index (χ4v) is 1.43. The topological polar surface area (TPSA) is 40.9 Å². The van der Waals surface area contributed by atoms with Crippen LogP contribution in [0.4, 0.5) is 0 Å². The summed E-state index contributed by atoms with van der Waals surface area (Å²) < 4.78 is 0. The number of carbonyl (C=O) groups is 1. The average molecular weight is 203 g/mol. The highest BCUT2D eigenvalue weighted by Gasteiger charge is 2.02. The Morgan fingerprint density at radius 3 is 2.47 bits per heavy atom. The number of aryl methyl sites for hydroxylation is 2. The molecule has 1 aromatic rings. The van der Waals surface area contributed by atoms with Crippen molar-refractivity contribution in [2.24, 2.45) is 0 Å². The molecule has 0 fully saturated rings. The van der Waals surface area contributed by atoms with E-state index in [4.69, 9.17) is 5.26 Å². The molecule has 1 aromatic carbocycles.